The largest absolute Gasteiger partial charge is 0.322 e. The smallest absolute Gasteiger partial charge is 0.255 e. The minimum Gasteiger partial charge on any atom is -0.322 e. The van der Waals surface area contributed by atoms with E-state index in [4.69, 9.17) is 0 Å². The molecule has 0 bridgehead atoms. The van der Waals surface area contributed by atoms with Crippen LogP contribution in [0.2, 0.25) is 0 Å². The molecule has 0 spiro atoms. The van der Waals surface area contributed by atoms with E-state index in [0.29, 0.717) is 35.6 Å². The molecule has 1 aliphatic carbocycles. The molecule has 1 aromatic carbocycles. The summed E-state index contributed by atoms with van der Waals surface area (Å²) in [4.78, 5) is 37.4. The monoisotopic (exact) mass is 391 g/mol. The molecule has 2 heterocycles. The summed E-state index contributed by atoms with van der Waals surface area (Å²) in [5.41, 5.74) is 1.55. The maximum atomic E-state index is 12.6. The first-order chi connectivity index (χ1) is 12.8. The van der Waals surface area contributed by atoms with Gasteiger partial charge in [0.2, 0.25) is 21.8 Å². The van der Waals surface area contributed by atoms with E-state index < -0.39 is 22.0 Å². The Hall–Kier alpha value is -2.42. The Balaban J connectivity index is 1.47. The molecule has 1 saturated carbocycles. The van der Waals surface area contributed by atoms with E-state index in [2.05, 4.69) is 10.0 Å². The number of benzene rings is 1. The molecule has 1 atom stereocenters. The first-order valence-corrected chi connectivity index (χ1v) is 10.8. The van der Waals surface area contributed by atoms with E-state index in [-0.39, 0.29) is 30.5 Å². The van der Waals surface area contributed by atoms with E-state index >= 15 is 0 Å². The van der Waals surface area contributed by atoms with Gasteiger partial charge in [0.1, 0.15) is 6.04 Å². The van der Waals surface area contributed by atoms with Crippen LogP contribution in [0.25, 0.3) is 0 Å². The molecule has 144 valence electrons. The third-order valence-electron chi connectivity index (χ3n) is 5.29. The molecule has 2 fully saturated rings. The minimum absolute atomic E-state index is 0.0933. The van der Waals surface area contributed by atoms with Gasteiger partial charge in [-0.15, -0.1) is 0 Å². The van der Waals surface area contributed by atoms with Crippen LogP contribution in [0.4, 0.5) is 5.69 Å². The average molecular weight is 391 g/mol. The Labute approximate surface area is 157 Å². The summed E-state index contributed by atoms with van der Waals surface area (Å²) in [5, 5.41) is 2.26. The number of sulfonamides is 1. The highest BCUT2D eigenvalue weighted by atomic mass is 32.2. The van der Waals surface area contributed by atoms with Gasteiger partial charge < -0.3 is 4.90 Å². The van der Waals surface area contributed by atoms with Gasteiger partial charge in [0.05, 0.1) is 5.75 Å². The second-order valence-corrected chi connectivity index (χ2v) is 9.27. The molecule has 27 heavy (non-hydrogen) atoms. The second-order valence-electron chi connectivity index (χ2n) is 7.42. The molecular formula is C18H21N3O5S. The van der Waals surface area contributed by atoms with Gasteiger partial charge in [-0.1, -0.05) is 12.8 Å². The van der Waals surface area contributed by atoms with E-state index in [0.717, 1.165) is 12.8 Å². The van der Waals surface area contributed by atoms with Crippen LogP contribution in [0.1, 0.15) is 48.0 Å². The van der Waals surface area contributed by atoms with Crippen LogP contribution < -0.4 is 10.0 Å². The van der Waals surface area contributed by atoms with Crippen molar-refractivity contribution in [1.29, 1.82) is 0 Å². The van der Waals surface area contributed by atoms with Crippen LogP contribution in [0.5, 0.6) is 0 Å². The predicted octanol–water partition coefficient (Wildman–Crippen LogP) is 0.989. The Morgan fingerprint density at radius 1 is 1.15 bits per heavy atom. The summed E-state index contributed by atoms with van der Waals surface area (Å²) in [6, 6.07) is 4.12. The lowest BCUT2D eigenvalue weighted by Crippen LogP contribution is -2.52. The number of amides is 3. The van der Waals surface area contributed by atoms with Gasteiger partial charge in [-0.3, -0.25) is 24.4 Å². The number of fused-ring (bicyclic) bond motifs is 1. The van der Waals surface area contributed by atoms with Crippen LogP contribution in [0.15, 0.2) is 18.2 Å². The summed E-state index contributed by atoms with van der Waals surface area (Å²) < 4.78 is 27.0. The van der Waals surface area contributed by atoms with Gasteiger partial charge in [-0.2, -0.15) is 0 Å². The summed E-state index contributed by atoms with van der Waals surface area (Å²) in [5.74, 6) is -0.448. The van der Waals surface area contributed by atoms with E-state index in [1.54, 1.807) is 18.2 Å². The van der Waals surface area contributed by atoms with Gasteiger partial charge in [-0.05, 0) is 42.5 Å². The number of rotatable bonds is 6. The second kappa shape index (κ2) is 6.63. The zero-order chi connectivity index (χ0) is 19.2. The first kappa shape index (κ1) is 18.0. The fourth-order valence-electron chi connectivity index (χ4n) is 3.60. The number of piperidine rings is 1. The molecule has 1 aromatic rings. The molecule has 3 amide bonds. The molecule has 0 radical (unpaired) electrons. The third-order valence-corrected chi connectivity index (χ3v) is 6.61. The van der Waals surface area contributed by atoms with Crippen molar-refractivity contribution in [2.75, 3.05) is 10.5 Å². The highest BCUT2D eigenvalue weighted by molar-refractivity contribution is 7.92. The van der Waals surface area contributed by atoms with Crippen LogP contribution in [0.3, 0.4) is 0 Å². The lowest BCUT2D eigenvalue weighted by atomic mass is 10.0. The molecule has 4 rings (SSSR count). The summed E-state index contributed by atoms with van der Waals surface area (Å²) in [6.07, 6.45) is 3.37. The van der Waals surface area contributed by atoms with Crippen molar-refractivity contribution < 1.29 is 22.8 Å². The number of nitrogens with zero attached hydrogens (tertiary/aromatic N) is 1. The minimum atomic E-state index is -3.42. The Kier molecular flexibility index (Phi) is 4.41. The predicted molar refractivity (Wildman–Crippen MR) is 97.2 cm³/mol. The van der Waals surface area contributed by atoms with E-state index in [1.165, 1.54) is 4.90 Å². The van der Waals surface area contributed by atoms with Gasteiger partial charge in [0.25, 0.3) is 5.91 Å². The number of nitrogens with one attached hydrogen (secondary N) is 2. The Morgan fingerprint density at radius 3 is 2.63 bits per heavy atom. The number of hydrogen-bond acceptors (Lipinski definition) is 5. The molecule has 9 heteroatoms. The quantitative estimate of drug-likeness (QED) is 0.702. The van der Waals surface area contributed by atoms with E-state index in [9.17, 15) is 22.8 Å². The van der Waals surface area contributed by atoms with Crippen molar-refractivity contribution in [2.24, 2.45) is 5.92 Å². The van der Waals surface area contributed by atoms with Crippen molar-refractivity contribution in [1.82, 2.24) is 10.2 Å². The van der Waals surface area contributed by atoms with Crippen LogP contribution in [-0.4, -0.2) is 42.8 Å². The standard InChI is InChI=1S/C18H21N3O5S/c22-16-6-5-15(17(23)19-16)21-10-12-9-13(3-4-14(12)18(21)24)20-27(25,26)8-7-11-1-2-11/h3-4,9,11,15,20H,1-2,5-8,10H2,(H,19,22,23). The number of imide groups is 1. The maximum absolute atomic E-state index is 12.6. The van der Waals surface area contributed by atoms with Gasteiger partial charge in [-0.25, -0.2) is 8.42 Å². The SMILES string of the molecule is O=C1CCC(N2Cc3cc(NS(=O)(=O)CCC4CC4)ccc3C2=O)C(=O)N1. The number of hydrogen-bond donors (Lipinski definition) is 2. The van der Waals surface area contributed by atoms with Crippen molar-refractivity contribution in [2.45, 2.75) is 44.7 Å². The lowest BCUT2D eigenvalue weighted by molar-refractivity contribution is -0.136. The van der Waals surface area contributed by atoms with Crippen molar-refractivity contribution in [3.05, 3.63) is 29.3 Å². The Bertz CT molecular complexity index is 923. The number of carbonyl (C=O) groups excluding carboxylic acids is 3. The van der Waals surface area contributed by atoms with Crippen LogP contribution in [-0.2, 0) is 26.2 Å². The molecule has 1 unspecified atom stereocenters. The summed E-state index contributed by atoms with van der Waals surface area (Å²) in [7, 11) is -3.42. The number of anilines is 1. The summed E-state index contributed by atoms with van der Waals surface area (Å²) >= 11 is 0. The zero-order valence-electron chi connectivity index (χ0n) is 14.7. The Morgan fingerprint density at radius 2 is 1.93 bits per heavy atom. The number of carbonyl (C=O) groups is 3. The molecule has 3 aliphatic rings. The average Bonchev–Trinajstić information content (AvgIpc) is 3.37. The molecule has 2 aliphatic heterocycles. The fraction of sp³-hybridized carbons (Fsp3) is 0.500. The van der Waals surface area contributed by atoms with Crippen LogP contribution >= 0.6 is 0 Å². The van der Waals surface area contributed by atoms with Crippen LogP contribution in [0, 0.1) is 5.92 Å². The van der Waals surface area contributed by atoms with Crippen molar-refractivity contribution >= 4 is 33.4 Å². The third kappa shape index (κ3) is 3.83. The summed E-state index contributed by atoms with van der Waals surface area (Å²) in [6.45, 7) is 0.220. The van der Waals surface area contributed by atoms with Gasteiger partial charge >= 0.3 is 0 Å². The first-order valence-electron chi connectivity index (χ1n) is 9.10. The topological polar surface area (TPSA) is 113 Å². The highest BCUT2D eigenvalue weighted by Crippen LogP contribution is 2.33. The molecular weight excluding hydrogens is 370 g/mol. The lowest BCUT2D eigenvalue weighted by Gasteiger charge is -2.29. The van der Waals surface area contributed by atoms with Gasteiger partial charge in [0.15, 0.2) is 0 Å². The molecule has 8 nitrogen and oxygen atoms in total. The van der Waals surface area contributed by atoms with Crippen molar-refractivity contribution in [3.8, 4) is 0 Å². The molecule has 0 aromatic heterocycles. The van der Waals surface area contributed by atoms with Crippen molar-refractivity contribution in [3.63, 3.8) is 0 Å². The van der Waals surface area contributed by atoms with E-state index in [1.807, 2.05) is 0 Å². The molecule has 1 saturated heterocycles. The normalized spacial score (nSPS) is 22.6. The highest BCUT2D eigenvalue weighted by Gasteiger charge is 2.39. The van der Waals surface area contributed by atoms with Gasteiger partial charge in [0, 0.05) is 24.2 Å². The fourth-order valence-corrected chi connectivity index (χ4v) is 4.83. The zero-order valence-corrected chi connectivity index (χ0v) is 15.5. The molecule has 2 N–H and O–H groups in total. The maximum Gasteiger partial charge on any atom is 0.255 e.